The van der Waals surface area contributed by atoms with E-state index in [4.69, 9.17) is 14.5 Å². The fourth-order valence-corrected chi connectivity index (χ4v) is 5.00. The normalized spacial score (nSPS) is 16.1. The van der Waals surface area contributed by atoms with E-state index in [2.05, 4.69) is 25.1 Å². The number of esters is 1. The molecule has 1 unspecified atom stereocenters. The molecule has 0 N–H and O–H groups in total. The number of hydrogen-bond acceptors (Lipinski definition) is 5. The Morgan fingerprint density at radius 1 is 1.10 bits per heavy atom. The van der Waals surface area contributed by atoms with Gasteiger partial charge in [0, 0.05) is 12.2 Å². The lowest BCUT2D eigenvalue weighted by molar-refractivity contribution is -0.144. The van der Waals surface area contributed by atoms with Crippen molar-refractivity contribution in [1.29, 1.82) is 0 Å². The molecule has 0 radical (unpaired) electrons. The van der Waals surface area contributed by atoms with Crippen LogP contribution >= 0.6 is 11.3 Å². The number of fused-ring (bicyclic) bond motifs is 1. The third kappa shape index (κ3) is 5.92. The second kappa shape index (κ2) is 10.9. The van der Waals surface area contributed by atoms with E-state index in [0.29, 0.717) is 12.4 Å². The fourth-order valence-electron chi connectivity index (χ4n) is 3.97. The van der Waals surface area contributed by atoms with Gasteiger partial charge in [0.15, 0.2) is 6.10 Å². The zero-order chi connectivity index (χ0) is 21.5. The van der Waals surface area contributed by atoms with E-state index in [1.807, 2.05) is 24.3 Å². The van der Waals surface area contributed by atoms with Gasteiger partial charge in [0.1, 0.15) is 10.8 Å². The van der Waals surface area contributed by atoms with Crippen molar-refractivity contribution in [2.45, 2.75) is 70.8 Å². The minimum atomic E-state index is -0.422. The average Bonchev–Trinajstić information content (AvgIpc) is 3.46. The van der Waals surface area contributed by atoms with E-state index in [-0.39, 0.29) is 5.97 Å². The molecular weight excluding hydrogens is 406 g/mol. The lowest BCUT2D eigenvalue weighted by Gasteiger charge is -2.09. The minimum absolute atomic E-state index is 0.303. The summed E-state index contributed by atoms with van der Waals surface area (Å²) in [4.78, 5) is 16.9. The van der Waals surface area contributed by atoms with E-state index in [1.165, 1.54) is 48.8 Å². The van der Waals surface area contributed by atoms with Gasteiger partial charge >= 0.3 is 5.97 Å². The molecule has 0 saturated carbocycles. The van der Waals surface area contributed by atoms with Gasteiger partial charge in [-0.2, -0.15) is 0 Å². The molecule has 1 aliphatic heterocycles. The summed E-state index contributed by atoms with van der Waals surface area (Å²) < 4.78 is 12.1. The number of aryl methyl sites for hydroxylation is 1. The Hall–Kier alpha value is -2.24. The van der Waals surface area contributed by atoms with Gasteiger partial charge in [-0.1, -0.05) is 45.1 Å². The standard InChI is InChI=1S/C26H31NO3S/c1-2-3-4-5-6-7-9-19-11-16-22-24(18-19)31-25(27-22)20-12-14-21(15-13-20)30-26(28)23-10-8-17-29-23/h11-16,18,23H,2-10,17H2,1H3. The first-order valence-corrected chi connectivity index (χ1v) is 12.4. The van der Waals surface area contributed by atoms with Crippen molar-refractivity contribution >= 4 is 27.5 Å². The number of ether oxygens (including phenoxy) is 2. The molecule has 1 atom stereocenters. The van der Waals surface area contributed by atoms with Crippen molar-refractivity contribution in [2.75, 3.05) is 6.61 Å². The van der Waals surface area contributed by atoms with E-state index in [1.54, 1.807) is 11.3 Å². The maximum Gasteiger partial charge on any atom is 0.340 e. The SMILES string of the molecule is CCCCCCCCc1ccc2nc(-c3ccc(OC(=O)C4CCCO4)cc3)sc2c1. The summed E-state index contributed by atoms with van der Waals surface area (Å²) in [6.07, 6.45) is 10.3. The van der Waals surface area contributed by atoms with Crippen LogP contribution in [0.25, 0.3) is 20.8 Å². The number of carbonyl (C=O) groups is 1. The number of hydrogen-bond donors (Lipinski definition) is 0. The van der Waals surface area contributed by atoms with Crippen LogP contribution in [0.4, 0.5) is 0 Å². The number of rotatable bonds is 10. The molecule has 1 aliphatic rings. The largest absolute Gasteiger partial charge is 0.425 e. The van der Waals surface area contributed by atoms with Crippen LogP contribution in [0.5, 0.6) is 5.75 Å². The summed E-state index contributed by atoms with van der Waals surface area (Å²) in [5.74, 6) is 0.245. The Kier molecular flexibility index (Phi) is 7.71. The first-order valence-electron chi connectivity index (χ1n) is 11.6. The third-order valence-corrected chi connectivity index (χ3v) is 6.85. The molecule has 1 saturated heterocycles. The van der Waals surface area contributed by atoms with Crippen molar-refractivity contribution in [3.05, 3.63) is 48.0 Å². The van der Waals surface area contributed by atoms with Gasteiger partial charge < -0.3 is 9.47 Å². The van der Waals surface area contributed by atoms with Gasteiger partial charge in [0.2, 0.25) is 0 Å². The Morgan fingerprint density at radius 3 is 2.68 bits per heavy atom. The van der Waals surface area contributed by atoms with Crippen LogP contribution in [0.3, 0.4) is 0 Å². The van der Waals surface area contributed by atoms with Crippen molar-refractivity contribution in [1.82, 2.24) is 4.98 Å². The van der Waals surface area contributed by atoms with Crippen LogP contribution in [0.2, 0.25) is 0 Å². The van der Waals surface area contributed by atoms with Crippen molar-refractivity contribution in [3.63, 3.8) is 0 Å². The van der Waals surface area contributed by atoms with E-state index in [9.17, 15) is 4.79 Å². The first kappa shape index (κ1) is 22.0. The summed E-state index contributed by atoms with van der Waals surface area (Å²) in [6, 6.07) is 14.2. The van der Waals surface area contributed by atoms with E-state index >= 15 is 0 Å². The van der Waals surface area contributed by atoms with Crippen molar-refractivity contribution < 1.29 is 14.3 Å². The van der Waals surface area contributed by atoms with Gasteiger partial charge in [-0.25, -0.2) is 9.78 Å². The predicted octanol–water partition coefficient (Wildman–Crippen LogP) is 6.95. The summed E-state index contributed by atoms with van der Waals surface area (Å²) in [5.41, 5.74) is 3.48. The molecule has 4 rings (SSSR count). The lowest BCUT2D eigenvalue weighted by atomic mass is 10.0. The molecule has 0 aliphatic carbocycles. The molecule has 0 bridgehead atoms. The third-order valence-electron chi connectivity index (χ3n) is 5.78. The van der Waals surface area contributed by atoms with E-state index < -0.39 is 6.10 Å². The number of thiazole rings is 1. The van der Waals surface area contributed by atoms with Gasteiger partial charge in [0.05, 0.1) is 10.2 Å². The zero-order valence-corrected chi connectivity index (χ0v) is 19.1. The summed E-state index contributed by atoms with van der Waals surface area (Å²) in [6.45, 7) is 2.89. The molecule has 0 spiro atoms. The Morgan fingerprint density at radius 2 is 1.90 bits per heavy atom. The van der Waals surface area contributed by atoms with Crippen LogP contribution in [-0.4, -0.2) is 23.7 Å². The van der Waals surface area contributed by atoms with Crippen molar-refractivity contribution in [2.24, 2.45) is 0 Å². The molecule has 1 fully saturated rings. The maximum atomic E-state index is 12.1. The quantitative estimate of drug-likeness (QED) is 0.196. The summed E-state index contributed by atoms with van der Waals surface area (Å²) in [7, 11) is 0. The van der Waals surface area contributed by atoms with Crippen LogP contribution in [0.1, 0.15) is 63.9 Å². The molecule has 164 valence electrons. The summed E-state index contributed by atoms with van der Waals surface area (Å²) >= 11 is 1.72. The van der Waals surface area contributed by atoms with Crippen LogP contribution < -0.4 is 4.74 Å². The molecule has 1 aromatic heterocycles. The van der Waals surface area contributed by atoms with Gasteiger partial charge in [0.25, 0.3) is 0 Å². The molecule has 5 heteroatoms. The minimum Gasteiger partial charge on any atom is -0.425 e. The molecular formula is C26H31NO3S. The smallest absolute Gasteiger partial charge is 0.340 e. The zero-order valence-electron chi connectivity index (χ0n) is 18.3. The topological polar surface area (TPSA) is 48.4 Å². The highest BCUT2D eigenvalue weighted by atomic mass is 32.1. The van der Waals surface area contributed by atoms with Crippen LogP contribution in [0.15, 0.2) is 42.5 Å². The fraction of sp³-hybridized carbons (Fsp3) is 0.462. The molecule has 2 heterocycles. The maximum absolute atomic E-state index is 12.1. The summed E-state index contributed by atoms with van der Waals surface area (Å²) in [5, 5.41) is 0.990. The number of carbonyl (C=O) groups excluding carboxylic acids is 1. The van der Waals surface area contributed by atoms with Crippen LogP contribution in [-0.2, 0) is 16.0 Å². The van der Waals surface area contributed by atoms with Gasteiger partial charge in [-0.3, -0.25) is 0 Å². The van der Waals surface area contributed by atoms with E-state index in [0.717, 1.165) is 35.4 Å². The highest BCUT2D eigenvalue weighted by molar-refractivity contribution is 7.21. The monoisotopic (exact) mass is 437 g/mol. The highest BCUT2D eigenvalue weighted by Gasteiger charge is 2.25. The second-order valence-electron chi connectivity index (χ2n) is 8.29. The predicted molar refractivity (Wildman–Crippen MR) is 127 cm³/mol. The molecule has 3 aromatic rings. The number of nitrogens with zero attached hydrogens (tertiary/aromatic N) is 1. The second-order valence-corrected chi connectivity index (χ2v) is 9.32. The molecule has 0 amide bonds. The number of unbranched alkanes of at least 4 members (excludes halogenated alkanes) is 5. The highest BCUT2D eigenvalue weighted by Crippen LogP contribution is 2.32. The van der Waals surface area contributed by atoms with Crippen LogP contribution in [0, 0.1) is 0 Å². The molecule has 31 heavy (non-hydrogen) atoms. The Labute approximate surface area is 188 Å². The first-order chi connectivity index (χ1) is 15.2. The molecule has 2 aromatic carbocycles. The average molecular weight is 438 g/mol. The van der Waals surface area contributed by atoms with Gasteiger partial charge in [-0.05, 0) is 67.6 Å². The number of aromatic nitrogens is 1. The number of benzene rings is 2. The lowest BCUT2D eigenvalue weighted by Crippen LogP contribution is -2.24. The Balaban J connectivity index is 1.36. The Bertz CT molecular complexity index is 990. The van der Waals surface area contributed by atoms with Gasteiger partial charge in [-0.15, -0.1) is 11.3 Å². The van der Waals surface area contributed by atoms with Crippen molar-refractivity contribution in [3.8, 4) is 16.3 Å². The molecule has 4 nitrogen and oxygen atoms in total.